The zero-order chi connectivity index (χ0) is 44.6. The molecule has 0 radical (unpaired) electrons. The monoisotopic (exact) mass is 867 g/mol. The summed E-state index contributed by atoms with van der Waals surface area (Å²) in [6.45, 7) is 0.727. The number of aliphatic hydroxyl groups is 3. The van der Waals surface area contributed by atoms with Crippen molar-refractivity contribution in [1.29, 1.82) is 0 Å². The van der Waals surface area contributed by atoms with Gasteiger partial charge in [0, 0.05) is 137 Å². The van der Waals surface area contributed by atoms with E-state index in [0.717, 1.165) is 14.7 Å². The number of aliphatic hydroxyl groups excluding tert-OH is 3. The van der Waals surface area contributed by atoms with Gasteiger partial charge >= 0.3 is 36.2 Å². The number of β-amino-alcohol motifs (C(OH)–C–C–N with tert-alkyl or cyclic N) is 2. The van der Waals surface area contributed by atoms with E-state index in [-0.39, 0.29) is 177 Å². The number of carboxylic acid groups (broad SMARTS) is 6. The maximum Gasteiger partial charge on any atom is 0.407 e. The van der Waals surface area contributed by atoms with E-state index < -0.39 is 48.4 Å². The first-order valence-electron chi connectivity index (χ1n) is 19.9. The SMILES string of the molecule is O=C(O)CN1CCN(CC(=O)O)CCN(C(=O)O)CCN(CC(O)CN(CCOCCO)CC(O)CN2CCN(CC(=O)O)CCN(C(=O)O)CCN(C(=O)O)CC2)CC1. The van der Waals surface area contributed by atoms with Crippen molar-refractivity contribution >= 4 is 36.2 Å². The molecule has 0 aliphatic carbocycles. The highest BCUT2D eigenvalue weighted by molar-refractivity contribution is 5.70. The van der Waals surface area contributed by atoms with Gasteiger partial charge in [0.25, 0.3) is 0 Å². The van der Waals surface area contributed by atoms with Crippen molar-refractivity contribution in [3.8, 4) is 0 Å². The van der Waals surface area contributed by atoms with Crippen LogP contribution in [0.3, 0.4) is 0 Å². The lowest BCUT2D eigenvalue weighted by Gasteiger charge is -2.35. The van der Waals surface area contributed by atoms with E-state index in [4.69, 9.17) is 4.74 Å². The zero-order valence-corrected chi connectivity index (χ0v) is 34.2. The molecule has 9 N–H and O–H groups in total. The minimum absolute atomic E-state index is 0.00369. The third-order valence-electron chi connectivity index (χ3n) is 10.1. The Morgan fingerprint density at radius 2 is 0.733 bits per heavy atom. The van der Waals surface area contributed by atoms with Crippen LogP contribution in [0.2, 0.25) is 0 Å². The van der Waals surface area contributed by atoms with Crippen LogP contribution in [0.25, 0.3) is 0 Å². The quantitative estimate of drug-likeness (QED) is 0.0555. The Balaban J connectivity index is 2.21. The van der Waals surface area contributed by atoms with Crippen LogP contribution in [0.1, 0.15) is 0 Å². The summed E-state index contributed by atoms with van der Waals surface area (Å²) >= 11 is 0. The van der Waals surface area contributed by atoms with Crippen molar-refractivity contribution < 1.29 is 79.5 Å². The molecule has 0 aromatic heterocycles. The number of hydrogen-bond donors (Lipinski definition) is 9. The van der Waals surface area contributed by atoms with E-state index in [1.807, 2.05) is 4.90 Å². The van der Waals surface area contributed by atoms with E-state index in [1.54, 1.807) is 24.5 Å². The molecular weight excluding hydrogens is 802 g/mol. The lowest BCUT2D eigenvalue weighted by Crippen LogP contribution is -2.51. The Kier molecular flexibility index (Phi) is 24.6. The minimum atomic E-state index is -1.26. The highest BCUT2D eigenvalue weighted by Gasteiger charge is 2.26. The Morgan fingerprint density at radius 1 is 0.450 bits per heavy atom. The third-order valence-corrected chi connectivity index (χ3v) is 10.1. The second-order valence-corrected chi connectivity index (χ2v) is 14.8. The molecular formula is C35H65N9O16. The van der Waals surface area contributed by atoms with Crippen LogP contribution in [-0.4, -0.2) is 315 Å². The molecule has 60 heavy (non-hydrogen) atoms. The molecule has 0 spiro atoms. The Labute approximate surface area is 348 Å². The molecule has 2 heterocycles. The molecule has 2 rings (SSSR count). The average Bonchev–Trinajstić information content (AvgIpc) is 3.14. The summed E-state index contributed by atoms with van der Waals surface area (Å²) in [5.74, 6) is -3.29. The number of nitrogens with zero attached hydrogens (tertiary/aromatic N) is 9. The summed E-state index contributed by atoms with van der Waals surface area (Å²) in [6, 6.07) is 0. The fourth-order valence-electron chi connectivity index (χ4n) is 6.95. The van der Waals surface area contributed by atoms with Gasteiger partial charge in [0.2, 0.25) is 0 Å². The molecule has 0 aromatic rings. The molecule has 2 fully saturated rings. The third kappa shape index (κ3) is 22.4. The second kappa shape index (κ2) is 28.4. The topological polar surface area (TPSA) is 323 Å². The Morgan fingerprint density at radius 3 is 1.03 bits per heavy atom. The van der Waals surface area contributed by atoms with E-state index in [0.29, 0.717) is 0 Å². The maximum absolute atomic E-state index is 12.1. The maximum atomic E-state index is 12.1. The molecule has 0 saturated carbocycles. The first-order chi connectivity index (χ1) is 28.4. The van der Waals surface area contributed by atoms with Crippen molar-refractivity contribution in [2.24, 2.45) is 0 Å². The van der Waals surface area contributed by atoms with Gasteiger partial charge in [-0.3, -0.25) is 43.8 Å². The highest BCUT2D eigenvalue weighted by atomic mass is 16.5. The molecule has 2 unspecified atom stereocenters. The summed E-state index contributed by atoms with van der Waals surface area (Å²) in [5.41, 5.74) is 0. The summed E-state index contributed by atoms with van der Waals surface area (Å²) in [5, 5.41) is 89.6. The summed E-state index contributed by atoms with van der Waals surface area (Å²) in [6.07, 6.45) is -5.83. The molecule has 0 aromatic carbocycles. The van der Waals surface area contributed by atoms with Crippen LogP contribution >= 0.6 is 0 Å². The summed E-state index contributed by atoms with van der Waals surface area (Å²) in [4.78, 5) is 84.0. The number of rotatable bonds is 19. The van der Waals surface area contributed by atoms with E-state index in [1.165, 1.54) is 0 Å². The van der Waals surface area contributed by atoms with E-state index in [9.17, 15) is 74.7 Å². The lowest BCUT2D eigenvalue weighted by molar-refractivity contribution is -0.140. The number of carboxylic acids is 3. The first-order valence-corrected chi connectivity index (χ1v) is 19.9. The van der Waals surface area contributed by atoms with Gasteiger partial charge in [0.15, 0.2) is 0 Å². The largest absolute Gasteiger partial charge is 0.480 e. The van der Waals surface area contributed by atoms with Gasteiger partial charge in [-0.05, 0) is 0 Å². The van der Waals surface area contributed by atoms with Crippen molar-refractivity contribution in [3.05, 3.63) is 0 Å². The molecule has 2 aliphatic rings. The normalized spacial score (nSPS) is 19.7. The number of hydrogen-bond acceptors (Lipinski definition) is 16. The zero-order valence-electron chi connectivity index (χ0n) is 34.2. The minimum Gasteiger partial charge on any atom is -0.480 e. The lowest BCUT2D eigenvalue weighted by atomic mass is 10.2. The van der Waals surface area contributed by atoms with Gasteiger partial charge in [-0.25, -0.2) is 14.4 Å². The van der Waals surface area contributed by atoms with Gasteiger partial charge in [-0.2, -0.15) is 0 Å². The van der Waals surface area contributed by atoms with Crippen LogP contribution in [0.15, 0.2) is 0 Å². The van der Waals surface area contributed by atoms with Gasteiger partial charge in [0.05, 0.1) is 51.7 Å². The first kappa shape index (κ1) is 52.0. The number of amides is 3. The average molecular weight is 868 g/mol. The van der Waals surface area contributed by atoms with Crippen LogP contribution < -0.4 is 0 Å². The summed E-state index contributed by atoms with van der Waals surface area (Å²) < 4.78 is 5.46. The molecule has 0 bridgehead atoms. The highest BCUT2D eigenvalue weighted by Crippen LogP contribution is 2.07. The fraction of sp³-hybridized carbons (Fsp3) is 0.829. The number of carbonyl (C=O) groups is 6. The van der Waals surface area contributed by atoms with Crippen LogP contribution in [0, 0.1) is 0 Å². The van der Waals surface area contributed by atoms with Crippen LogP contribution in [-0.2, 0) is 19.1 Å². The van der Waals surface area contributed by atoms with Gasteiger partial charge in [-0.15, -0.1) is 0 Å². The van der Waals surface area contributed by atoms with Gasteiger partial charge in [-0.1, -0.05) is 0 Å². The second-order valence-electron chi connectivity index (χ2n) is 14.8. The molecule has 2 aliphatic heterocycles. The predicted octanol–water partition coefficient (Wildman–Crippen LogP) is -4.25. The molecule has 25 nitrogen and oxygen atoms in total. The Bertz CT molecular complexity index is 1340. The van der Waals surface area contributed by atoms with Crippen LogP contribution in [0.4, 0.5) is 14.4 Å². The van der Waals surface area contributed by atoms with Crippen LogP contribution in [0.5, 0.6) is 0 Å². The van der Waals surface area contributed by atoms with E-state index >= 15 is 0 Å². The standard InChI is InChI=1S/C35H65N9O16/c45-18-20-60-19-17-41(24-29(47)22-37-2-4-39(26-31(50)51)10-14-44(35(58)59)16-15-43(12-8-37)34(56)57)23-28(46)21-36-1-3-38(25-30(48)49)5-6-40(27-32(52)53)9-13-42(11-7-36)33(54)55/h28-29,45-47H,1-27H2,(H,48,49)(H,50,51)(H,52,53)(H,54,55)(H,56,57)(H,58,59). The summed E-state index contributed by atoms with van der Waals surface area (Å²) in [7, 11) is 0. The van der Waals surface area contributed by atoms with Crippen molar-refractivity contribution in [2.45, 2.75) is 12.2 Å². The van der Waals surface area contributed by atoms with Gasteiger partial charge in [0.1, 0.15) is 0 Å². The molecule has 346 valence electrons. The molecule has 25 heteroatoms. The number of aliphatic carboxylic acids is 3. The molecule has 2 saturated heterocycles. The van der Waals surface area contributed by atoms with Crippen molar-refractivity contribution in [1.82, 2.24) is 44.1 Å². The van der Waals surface area contributed by atoms with Crippen molar-refractivity contribution in [3.63, 3.8) is 0 Å². The number of ether oxygens (including phenoxy) is 1. The molecule has 3 amide bonds. The van der Waals surface area contributed by atoms with E-state index in [2.05, 4.69) is 0 Å². The molecule has 2 atom stereocenters. The Hall–Kier alpha value is -4.18. The fourth-order valence-corrected chi connectivity index (χ4v) is 6.95. The predicted molar refractivity (Wildman–Crippen MR) is 210 cm³/mol. The van der Waals surface area contributed by atoms with Gasteiger partial charge < -0.3 is 65.4 Å². The smallest absolute Gasteiger partial charge is 0.407 e. The van der Waals surface area contributed by atoms with Crippen molar-refractivity contribution in [2.75, 3.05) is 177 Å².